The Bertz CT molecular complexity index is 892. The number of amides is 3. The summed E-state index contributed by atoms with van der Waals surface area (Å²) in [5.41, 5.74) is 1.35. The van der Waals surface area contributed by atoms with Crippen LogP contribution in [0.5, 0.6) is 0 Å². The summed E-state index contributed by atoms with van der Waals surface area (Å²) < 4.78 is 4.93. The molecule has 3 atom stereocenters. The fourth-order valence-electron chi connectivity index (χ4n) is 4.49. The predicted molar refractivity (Wildman–Crippen MR) is 108 cm³/mol. The second-order valence-corrected chi connectivity index (χ2v) is 9.12. The van der Waals surface area contributed by atoms with E-state index in [-0.39, 0.29) is 30.2 Å². The predicted octanol–water partition coefficient (Wildman–Crippen LogP) is 2.55. The van der Waals surface area contributed by atoms with Crippen molar-refractivity contribution in [2.24, 2.45) is 17.8 Å². The van der Waals surface area contributed by atoms with E-state index in [0.717, 1.165) is 34.6 Å². The zero-order valence-corrected chi connectivity index (χ0v) is 17.3. The molecule has 0 aromatic carbocycles. The molecule has 0 unspecified atom stereocenters. The summed E-state index contributed by atoms with van der Waals surface area (Å²) in [6.07, 6.45) is 7.51. The van der Waals surface area contributed by atoms with Gasteiger partial charge in [0.25, 0.3) is 0 Å². The van der Waals surface area contributed by atoms with E-state index in [9.17, 15) is 19.2 Å². The number of methoxy groups -OCH3 is 1. The highest BCUT2D eigenvalue weighted by Gasteiger charge is 2.47. The van der Waals surface area contributed by atoms with Crippen LogP contribution >= 0.6 is 11.3 Å². The summed E-state index contributed by atoms with van der Waals surface area (Å²) in [7, 11) is 1.32. The Balaban J connectivity index is 1.52. The summed E-state index contributed by atoms with van der Waals surface area (Å²) in [4.78, 5) is 52.3. The fourth-order valence-corrected chi connectivity index (χ4v) is 5.91. The number of carbonyl (C=O) groups is 4. The SMILES string of the molecule is COC(=O)c1c(NC(=O)CN2C(=O)[C@H]3CC=CC[C@@H]3C2=O)sc2c1CC[C@@H](C)C2. The molecule has 1 saturated heterocycles. The van der Waals surface area contributed by atoms with Crippen LogP contribution in [0.1, 0.15) is 47.0 Å². The van der Waals surface area contributed by atoms with Gasteiger partial charge in [0.15, 0.2) is 0 Å². The van der Waals surface area contributed by atoms with Crippen LogP contribution in [0.15, 0.2) is 12.2 Å². The molecule has 2 aliphatic carbocycles. The van der Waals surface area contributed by atoms with E-state index in [4.69, 9.17) is 4.74 Å². The molecule has 0 spiro atoms. The largest absolute Gasteiger partial charge is 0.465 e. The Morgan fingerprint density at radius 3 is 2.48 bits per heavy atom. The number of imide groups is 1. The normalized spacial score (nSPS) is 25.6. The van der Waals surface area contributed by atoms with E-state index in [1.165, 1.54) is 18.4 Å². The van der Waals surface area contributed by atoms with Gasteiger partial charge < -0.3 is 10.1 Å². The molecular weight excluding hydrogens is 392 g/mol. The lowest BCUT2D eigenvalue weighted by Gasteiger charge is -2.18. The molecule has 29 heavy (non-hydrogen) atoms. The number of anilines is 1. The van der Waals surface area contributed by atoms with Gasteiger partial charge >= 0.3 is 5.97 Å². The Morgan fingerprint density at radius 1 is 1.21 bits per heavy atom. The number of carbonyl (C=O) groups excluding carboxylic acids is 4. The summed E-state index contributed by atoms with van der Waals surface area (Å²) in [5.74, 6) is -1.72. The molecule has 4 rings (SSSR count). The molecule has 1 aliphatic heterocycles. The molecule has 1 N–H and O–H groups in total. The Hall–Kier alpha value is -2.48. The quantitative estimate of drug-likeness (QED) is 0.463. The Labute approximate surface area is 173 Å². The highest BCUT2D eigenvalue weighted by molar-refractivity contribution is 7.17. The number of nitrogens with one attached hydrogen (secondary N) is 1. The highest BCUT2D eigenvalue weighted by atomic mass is 32.1. The Kier molecular flexibility index (Phi) is 5.29. The third-order valence-corrected chi connectivity index (χ3v) is 7.22. The number of hydrogen-bond donors (Lipinski definition) is 1. The van der Waals surface area contributed by atoms with Crippen LogP contribution in [0.25, 0.3) is 0 Å². The van der Waals surface area contributed by atoms with Gasteiger partial charge in [0.2, 0.25) is 17.7 Å². The average Bonchev–Trinajstić information content (AvgIpc) is 3.17. The fraction of sp³-hybridized carbons (Fsp3) is 0.524. The molecule has 1 fully saturated rings. The van der Waals surface area contributed by atoms with Crippen LogP contribution < -0.4 is 5.32 Å². The molecule has 1 aromatic heterocycles. The van der Waals surface area contributed by atoms with Gasteiger partial charge in [-0.2, -0.15) is 0 Å². The van der Waals surface area contributed by atoms with Gasteiger partial charge in [-0.25, -0.2) is 4.79 Å². The summed E-state index contributed by atoms with van der Waals surface area (Å²) in [5, 5.41) is 3.21. The van der Waals surface area contributed by atoms with Gasteiger partial charge in [-0.15, -0.1) is 11.3 Å². The van der Waals surface area contributed by atoms with E-state index in [0.29, 0.717) is 29.3 Å². The number of fused-ring (bicyclic) bond motifs is 2. The average molecular weight is 416 g/mol. The maximum atomic E-state index is 12.7. The summed E-state index contributed by atoms with van der Waals surface area (Å²) in [6, 6.07) is 0. The molecule has 0 saturated carbocycles. The lowest BCUT2D eigenvalue weighted by atomic mass is 9.85. The van der Waals surface area contributed by atoms with Crippen molar-refractivity contribution in [3.8, 4) is 0 Å². The third-order valence-electron chi connectivity index (χ3n) is 6.05. The van der Waals surface area contributed by atoms with Gasteiger partial charge in [-0.05, 0) is 43.6 Å². The van der Waals surface area contributed by atoms with Crippen molar-refractivity contribution >= 4 is 40.0 Å². The van der Waals surface area contributed by atoms with Gasteiger partial charge in [0.1, 0.15) is 11.5 Å². The minimum Gasteiger partial charge on any atom is -0.465 e. The van der Waals surface area contributed by atoms with Gasteiger partial charge in [0, 0.05) is 4.88 Å². The molecule has 3 aliphatic rings. The van der Waals surface area contributed by atoms with Crippen molar-refractivity contribution in [2.75, 3.05) is 19.0 Å². The molecule has 7 nitrogen and oxygen atoms in total. The zero-order chi connectivity index (χ0) is 20.7. The van der Waals surface area contributed by atoms with E-state index in [1.807, 2.05) is 12.2 Å². The van der Waals surface area contributed by atoms with Crippen LogP contribution in [-0.2, 0) is 32.0 Å². The Morgan fingerprint density at radius 2 is 1.86 bits per heavy atom. The number of thiophene rings is 1. The maximum absolute atomic E-state index is 12.7. The molecule has 154 valence electrons. The van der Waals surface area contributed by atoms with E-state index < -0.39 is 11.9 Å². The zero-order valence-electron chi connectivity index (χ0n) is 16.5. The number of esters is 1. The van der Waals surface area contributed by atoms with Crippen molar-refractivity contribution in [2.45, 2.75) is 39.0 Å². The molecule has 3 amide bonds. The van der Waals surface area contributed by atoms with Gasteiger partial charge in [-0.1, -0.05) is 19.1 Å². The lowest BCUT2D eigenvalue weighted by Crippen LogP contribution is -2.38. The van der Waals surface area contributed by atoms with Crippen molar-refractivity contribution in [3.05, 3.63) is 28.2 Å². The number of allylic oxidation sites excluding steroid dienone is 2. The van der Waals surface area contributed by atoms with Crippen molar-refractivity contribution in [1.29, 1.82) is 0 Å². The molecular formula is C21H24N2O5S. The van der Waals surface area contributed by atoms with E-state index in [2.05, 4.69) is 12.2 Å². The first-order chi connectivity index (χ1) is 13.9. The molecule has 1 aromatic rings. The minimum atomic E-state index is -0.477. The molecule has 2 heterocycles. The van der Waals surface area contributed by atoms with E-state index >= 15 is 0 Å². The van der Waals surface area contributed by atoms with Crippen molar-refractivity contribution in [3.63, 3.8) is 0 Å². The number of rotatable bonds is 4. The number of ether oxygens (including phenoxy) is 1. The number of hydrogen-bond acceptors (Lipinski definition) is 6. The summed E-state index contributed by atoms with van der Waals surface area (Å²) in [6.45, 7) is 1.84. The molecule has 0 bridgehead atoms. The first-order valence-corrected chi connectivity index (χ1v) is 10.7. The standard InChI is InChI=1S/C21H24N2O5S/c1-11-7-8-14-15(9-11)29-18(17(14)21(27)28-2)22-16(24)10-23-19(25)12-5-3-4-6-13(12)20(23)26/h3-4,11-13H,5-10H2,1-2H3,(H,22,24)/t11-,12+,13+/m1/s1. The van der Waals surface area contributed by atoms with E-state index in [1.54, 1.807) is 0 Å². The van der Waals surface area contributed by atoms with Crippen molar-refractivity contribution < 1.29 is 23.9 Å². The van der Waals surface area contributed by atoms with Crippen LogP contribution in [0, 0.1) is 17.8 Å². The number of likely N-dealkylation sites (tertiary alicyclic amines) is 1. The first-order valence-electron chi connectivity index (χ1n) is 9.93. The molecule has 0 radical (unpaired) electrons. The van der Waals surface area contributed by atoms with Crippen LogP contribution in [0.3, 0.4) is 0 Å². The minimum absolute atomic E-state index is 0.285. The lowest BCUT2D eigenvalue weighted by molar-refractivity contribution is -0.142. The highest BCUT2D eigenvalue weighted by Crippen LogP contribution is 2.40. The van der Waals surface area contributed by atoms with Gasteiger partial charge in [-0.3, -0.25) is 19.3 Å². The second kappa shape index (κ2) is 7.74. The maximum Gasteiger partial charge on any atom is 0.341 e. The van der Waals surface area contributed by atoms with Crippen LogP contribution in [0.2, 0.25) is 0 Å². The smallest absolute Gasteiger partial charge is 0.341 e. The number of nitrogens with zero attached hydrogens (tertiary/aromatic N) is 1. The summed E-state index contributed by atoms with van der Waals surface area (Å²) >= 11 is 1.39. The van der Waals surface area contributed by atoms with Crippen LogP contribution in [0.4, 0.5) is 5.00 Å². The third kappa shape index (κ3) is 3.50. The topological polar surface area (TPSA) is 92.8 Å². The molecule has 8 heteroatoms. The van der Waals surface area contributed by atoms with Crippen LogP contribution in [-0.4, -0.2) is 42.2 Å². The second-order valence-electron chi connectivity index (χ2n) is 8.01. The first kappa shape index (κ1) is 19.8. The van der Waals surface area contributed by atoms with Crippen molar-refractivity contribution in [1.82, 2.24) is 4.90 Å². The van der Waals surface area contributed by atoms with Gasteiger partial charge in [0.05, 0.1) is 24.5 Å². The monoisotopic (exact) mass is 416 g/mol.